The van der Waals surface area contributed by atoms with E-state index in [4.69, 9.17) is 27.9 Å². The van der Waals surface area contributed by atoms with Crippen LogP contribution < -0.4 is 0 Å². The third-order valence-corrected chi connectivity index (χ3v) is 3.43. The van der Waals surface area contributed by atoms with Crippen LogP contribution >= 0.6 is 39.1 Å². The van der Waals surface area contributed by atoms with E-state index >= 15 is 0 Å². The molecular weight excluding hydrogens is 341 g/mol. The van der Waals surface area contributed by atoms with Crippen LogP contribution in [0.4, 0.5) is 0 Å². The Kier molecular flexibility index (Phi) is 7.00. The number of hydrogen-bond donors (Lipinski definition) is 0. The average molecular weight is 355 g/mol. The Labute approximate surface area is 125 Å². The molecule has 0 fully saturated rings. The lowest BCUT2D eigenvalue weighted by molar-refractivity contribution is 0.0707. The summed E-state index contributed by atoms with van der Waals surface area (Å²) in [4.78, 5) is 14.0. The minimum atomic E-state index is -0.0868. The van der Waals surface area contributed by atoms with E-state index in [9.17, 15) is 4.79 Å². The zero-order valence-corrected chi connectivity index (χ0v) is 13.1. The molecule has 1 aromatic carbocycles. The summed E-state index contributed by atoms with van der Waals surface area (Å²) in [5.41, 5.74) is 0.570. The second-order valence-electron chi connectivity index (χ2n) is 3.60. The number of benzene rings is 1. The van der Waals surface area contributed by atoms with Crippen LogP contribution in [0.15, 0.2) is 22.7 Å². The lowest BCUT2D eigenvalue weighted by atomic mass is 10.2. The molecule has 0 atom stereocenters. The maximum atomic E-state index is 12.3. The Bertz CT molecular complexity index is 415. The number of amides is 1. The zero-order chi connectivity index (χ0) is 13.5. The number of methoxy groups -OCH3 is 1. The molecule has 0 aliphatic carbocycles. The molecule has 0 saturated carbocycles. The summed E-state index contributed by atoms with van der Waals surface area (Å²) in [6.07, 6.45) is 0. The van der Waals surface area contributed by atoms with E-state index in [1.54, 1.807) is 30.2 Å². The van der Waals surface area contributed by atoms with Gasteiger partial charge in [-0.15, -0.1) is 11.6 Å². The third kappa shape index (κ3) is 4.43. The molecule has 1 rings (SSSR count). The number of carbonyl (C=O) groups is 1. The fourth-order valence-electron chi connectivity index (χ4n) is 1.45. The van der Waals surface area contributed by atoms with Gasteiger partial charge in [-0.25, -0.2) is 0 Å². The number of nitrogens with zero attached hydrogens (tertiary/aromatic N) is 1. The number of halogens is 3. The molecule has 3 nitrogen and oxygen atoms in total. The molecule has 0 unspecified atom stereocenters. The van der Waals surface area contributed by atoms with Crippen molar-refractivity contribution in [2.75, 3.05) is 32.7 Å². The van der Waals surface area contributed by atoms with Crippen LogP contribution in [0.2, 0.25) is 5.02 Å². The molecule has 0 bridgehead atoms. The van der Waals surface area contributed by atoms with Gasteiger partial charge < -0.3 is 9.64 Å². The van der Waals surface area contributed by atoms with Gasteiger partial charge >= 0.3 is 0 Å². The Hall–Kier alpha value is -0.290. The zero-order valence-electron chi connectivity index (χ0n) is 9.96. The molecule has 18 heavy (non-hydrogen) atoms. The standard InChI is InChI=1S/C12H14BrCl2NO2/c1-18-7-6-16(5-4-14)12(17)10-3-2-9(15)8-11(10)13/h2-3,8H,4-7H2,1H3. The molecule has 0 aromatic heterocycles. The lowest BCUT2D eigenvalue weighted by Crippen LogP contribution is -2.35. The summed E-state index contributed by atoms with van der Waals surface area (Å²) in [5.74, 6) is 0.303. The van der Waals surface area contributed by atoms with Crippen molar-refractivity contribution in [3.05, 3.63) is 33.3 Å². The van der Waals surface area contributed by atoms with Gasteiger partial charge in [0, 0.05) is 35.6 Å². The molecule has 0 saturated heterocycles. The van der Waals surface area contributed by atoms with Gasteiger partial charge in [-0.2, -0.15) is 0 Å². The topological polar surface area (TPSA) is 29.5 Å². The van der Waals surface area contributed by atoms with E-state index in [1.807, 2.05) is 0 Å². The van der Waals surface area contributed by atoms with Crippen molar-refractivity contribution in [2.24, 2.45) is 0 Å². The van der Waals surface area contributed by atoms with Crippen LogP contribution in [0.1, 0.15) is 10.4 Å². The van der Waals surface area contributed by atoms with E-state index < -0.39 is 0 Å². The van der Waals surface area contributed by atoms with Crippen LogP contribution in [0.3, 0.4) is 0 Å². The molecule has 6 heteroatoms. The predicted molar refractivity (Wildman–Crippen MR) is 77.7 cm³/mol. The van der Waals surface area contributed by atoms with Gasteiger partial charge in [-0.1, -0.05) is 11.6 Å². The Morgan fingerprint density at radius 2 is 2.17 bits per heavy atom. The van der Waals surface area contributed by atoms with Crippen molar-refractivity contribution in [1.29, 1.82) is 0 Å². The van der Waals surface area contributed by atoms with Gasteiger partial charge in [0.05, 0.1) is 12.2 Å². The highest BCUT2D eigenvalue weighted by atomic mass is 79.9. The van der Waals surface area contributed by atoms with Crippen LogP contribution in [0, 0.1) is 0 Å². The van der Waals surface area contributed by atoms with Crippen LogP contribution in [0.25, 0.3) is 0 Å². The first-order valence-corrected chi connectivity index (χ1v) is 7.10. The Morgan fingerprint density at radius 1 is 1.44 bits per heavy atom. The van der Waals surface area contributed by atoms with Crippen molar-refractivity contribution < 1.29 is 9.53 Å². The molecular formula is C12H14BrCl2NO2. The second kappa shape index (κ2) is 8.00. The van der Waals surface area contributed by atoms with Gasteiger partial charge in [0.25, 0.3) is 5.91 Å². The number of ether oxygens (including phenoxy) is 1. The quantitative estimate of drug-likeness (QED) is 0.732. The molecule has 1 amide bonds. The second-order valence-corrected chi connectivity index (χ2v) is 5.27. The average Bonchev–Trinajstić information content (AvgIpc) is 2.33. The van der Waals surface area contributed by atoms with Crippen molar-refractivity contribution >= 4 is 45.0 Å². The smallest absolute Gasteiger partial charge is 0.255 e. The van der Waals surface area contributed by atoms with E-state index in [0.717, 1.165) is 0 Å². The molecule has 1 aromatic rings. The summed E-state index contributed by atoms with van der Waals surface area (Å²) in [6, 6.07) is 5.08. The molecule has 100 valence electrons. The maximum absolute atomic E-state index is 12.3. The Morgan fingerprint density at radius 3 is 2.72 bits per heavy atom. The first kappa shape index (κ1) is 15.8. The van der Waals surface area contributed by atoms with Gasteiger partial charge in [0.1, 0.15) is 0 Å². The van der Waals surface area contributed by atoms with Crippen molar-refractivity contribution in [2.45, 2.75) is 0 Å². The fourth-order valence-corrected chi connectivity index (χ4v) is 2.51. The minimum absolute atomic E-state index is 0.0868. The first-order valence-electron chi connectivity index (χ1n) is 5.39. The van der Waals surface area contributed by atoms with Crippen molar-refractivity contribution in [1.82, 2.24) is 4.90 Å². The molecule has 0 spiro atoms. The molecule has 0 heterocycles. The van der Waals surface area contributed by atoms with Crippen LogP contribution in [-0.4, -0.2) is 43.5 Å². The van der Waals surface area contributed by atoms with Crippen LogP contribution in [-0.2, 0) is 4.74 Å². The summed E-state index contributed by atoms with van der Waals surface area (Å²) < 4.78 is 5.66. The van der Waals surface area contributed by atoms with Crippen molar-refractivity contribution in [3.8, 4) is 0 Å². The molecule has 0 aliphatic heterocycles. The number of hydrogen-bond acceptors (Lipinski definition) is 2. The highest BCUT2D eigenvalue weighted by Crippen LogP contribution is 2.22. The van der Waals surface area contributed by atoms with E-state index in [1.165, 1.54) is 0 Å². The summed E-state index contributed by atoms with van der Waals surface area (Å²) in [6.45, 7) is 1.48. The monoisotopic (exact) mass is 353 g/mol. The Balaban J connectivity index is 2.87. The molecule has 0 N–H and O–H groups in total. The molecule has 0 radical (unpaired) electrons. The normalized spacial score (nSPS) is 10.4. The van der Waals surface area contributed by atoms with E-state index in [-0.39, 0.29) is 5.91 Å². The lowest BCUT2D eigenvalue weighted by Gasteiger charge is -2.22. The SMILES string of the molecule is COCCN(CCCl)C(=O)c1ccc(Cl)cc1Br. The van der Waals surface area contributed by atoms with Gasteiger partial charge in [-0.3, -0.25) is 4.79 Å². The van der Waals surface area contributed by atoms with Gasteiger partial charge in [-0.05, 0) is 34.1 Å². The summed E-state index contributed by atoms with van der Waals surface area (Å²) in [5, 5.41) is 0.583. The summed E-state index contributed by atoms with van der Waals surface area (Å²) in [7, 11) is 1.60. The van der Waals surface area contributed by atoms with Crippen molar-refractivity contribution in [3.63, 3.8) is 0 Å². The predicted octanol–water partition coefficient (Wildman–Crippen LogP) is 3.43. The molecule has 0 aliphatic rings. The number of carbonyl (C=O) groups excluding carboxylic acids is 1. The highest BCUT2D eigenvalue weighted by molar-refractivity contribution is 9.10. The van der Waals surface area contributed by atoms with Gasteiger partial charge in [0.2, 0.25) is 0 Å². The fraction of sp³-hybridized carbons (Fsp3) is 0.417. The number of alkyl halides is 1. The third-order valence-electron chi connectivity index (χ3n) is 2.37. The maximum Gasteiger partial charge on any atom is 0.255 e. The highest BCUT2D eigenvalue weighted by Gasteiger charge is 2.17. The van der Waals surface area contributed by atoms with Gasteiger partial charge in [0.15, 0.2) is 0 Å². The minimum Gasteiger partial charge on any atom is -0.383 e. The first-order chi connectivity index (χ1) is 8.60. The van der Waals surface area contributed by atoms with E-state index in [0.29, 0.717) is 40.6 Å². The number of rotatable bonds is 6. The van der Waals surface area contributed by atoms with Crippen LogP contribution in [0.5, 0.6) is 0 Å². The largest absolute Gasteiger partial charge is 0.383 e. The summed E-state index contributed by atoms with van der Waals surface area (Å²) >= 11 is 14.9. The van der Waals surface area contributed by atoms with E-state index in [2.05, 4.69) is 15.9 Å².